The molecule has 5 aliphatic rings. The van der Waals surface area contributed by atoms with Crippen LogP contribution in [-0.2, 0) is 23.7 Å². The van der Waals surface area contributed by atoms with E-state index in [2.05, 4.69) is 13.8 Å². The van der Waals surface area contributed by atoms with Crippen LogP contribution in [0.4, 0.5) is 0 Å². The summed E-state index contributed by atoms with van der Waals surface area (Å²) < 4.78 is 25.8. The summed E-state index contributed by atoms with van der Waals surface area (Å²) in [6.07, 6.45) is 1.35. The van der Waals surface area contributed by atoms with Gasteiger partial charge in [0.15, 0.2) is 6.29 Å². The molecule has 5 rings (SSSR count). The quantitative estimate of drug-likeness (QED) is 0.684. The van der Waals surface area contributed by atoms with E-state index in [4.69, 9.17) is 23.7 Å². The zero-order chi connectivity index (χ0) is 15.4. The molecule has 0 bridgehead atoms. The number of ether oxygens (including phenoxy) is 5. The van der Waals surface area contributed by atoms with E-state index < -0.39 is 0 Å². The normalized spacial score (nSPS) is 45.0. The lowest BCUT2D eigenvalue weighted by molar-refractivity contribution is -0.0905. The largest absolute Gasteiger partial charge is 0.381 e. The summed E-state index contributed by atoms with van der Waals surface area (Å²) in [5, 5.41) is 0. The van der Waals surface area contributed by atoms with Gasteiger partial charge in [-0.1, -0.05) is 13.8 Å². The Balaban J connectivity index is 0.000000101. The summed E-state index contributed by atoms with van der Waals surface area (Å²) >= 11 is 0. The number of hydrogen-bond acceptors (Lipinski definition) is 5. The van der Waals surface area contributed by atoms with Crippen molar-refractivity contribution in [2.45, 2.75) is 26.6 Å². The Labute approximate surface area is 133 Å². The van der Waals surface area contributed by atoms with Crippen LogP contribution in [0.2, 0.25) is 0 Å². The minimum absolute atomic E-state index is 0.153. The van der Waals surface area contributed by atoms with Gasteiger partial charge in [-0.05, 0) is 30.1 Å². The molecular weight excluding hydrogens is 284 g/mol. The maximum Gasteiger partial charge on any atom is 0.160 e. The number of fused-ring (bicyclic) bond motifs is 2. The Bertz CT molecular complexity index is 312. The van der Waals surface area contributed by atoms with Crippen molar-refractivity contribution in [2.75, 3.05) is 52.9 Å². The van der Waals surface area contributed by atoms with Gasteiger partial charge in [0, 0.05) is 5.92 Å². The predicted octanol–water partition coefficient (Wildman–Crippen LogP) is 1.95. The molecule has 5 nitrogen and oxygen atoms in total. The van der Waals surface area contributed by atoms with Crippen molar-refractivity contribution >= 4 is 0 Å². The summed E-state index contributed by atoms with van der Waals surface area (Å²) in [6, 6.07) is 0. The van der Waals surface area contributed by atoms with Gasteiger partial charge < -0.3 is 23.7 Å². The van der Waals surface area contributed by atoms with Gasteiger partial charge in [0.1, 0.15) is 0 Å². The SMILES string of the molecule is C1COCCO1.CC1COC2OCCC12.CC1[C@H]2COC[C@@H]12. The zero-order valence-electron chi connectivity index (χ0n) is 13.9. The van der Waals surface area contributed by atoms with Crippen LogP contribution in [0, 0.1) is 29.6 Å². The molecule has 0 spiro atoms. The lowest BCUT2D eigenvalue weighted by Gasteiger charge is -2.09. The Kier molecular flexibility index (Phi) is 6.10. The van der Waals surface area contributed by atoms with Gasteiger partial charge in [0.2, 0.25) is 0 Å². The molecule has 0 aromatic heterocycles. The standard InChI is InChI=1S/C7H12O2.C6H10O.C4H8O2/c1-5-4-9-7-6(5)2-3-8-7;1-4-5-2-7-3-6(4)5;1-2-6-4-3-5-1/h5-7H,2-4H2,1H3;4-6H,2-3H2,1H3;1-4H2/t;4?,5-,6+;. The highest BCUT2D eigenvalue weighted by atomic mass is 16.7. The van der Waals surface area contributed by atoms with Crippen LogP contribution < -0.4 is 0 Å². The molecule has 22 heavy (non-hydrogen) atoms. The fraction of sp³-hybridized carbons (Fsp3) is 1.00. The molecule has 0 N–H and O–H groups in total. The summed E-state index contributed by atoms with van der Waals surface area (Å²) in [6.45, 7) is 11.6. The lowest BCUT2D eigenvalue weighted by Crippen LogP contribution is -2.16. The topological polar surface area (TPSA) is 46.2 Å². The van der Waals surface area contributed by atoms with Crippen molar-refractivity contribution in [3.8, 4) is 0 Å². The van der Waals surface area contributed by atoms with Gasteiger partial charge in [0.25, 0.3) is 0 Å². The van der Waals surface area contributed by atoms with E-state index in [0.29, 0.717) is 5.92 Å². The second-order valence-electron chi connectivity index (χ2n) is 6.95. The molecule has 1 saturated carbocycles. The zero-order valence-corrected chi connectivity index (χ0v) is 13.9. The molecule has 6 atom stereocenters. The third kappa shape index (κ3) is 4.20. The molecule has 4 unspecified atom stereocenters. The smallest absolute Gasteiger partial charge is 0.160 e. The van der Waals surface area contributed by atoms with E-state index in [0.717, 1.165) is 76.5 Å². The molecule has 1 aliphatic carbocycles. The number of rotatable bonds is 0. The summed E-state index contributed by atoms with van der Waals surface area (Å²) in [5.41, 5.74) is 0. The Morgan fingerprint density at radius 1 is 0.636 bits per heavy atom. The number of hydrogen-bond donors (Lipinski definition) is 0. The monoisotopic (exact) mass is 314 g/mol. The van der Waals surface area contributed by atoms with Crippen LogP contribution in [-0.4, -0.2) is 59.1 Å². The van der Waals surface area contributed by atoms with Gasteiger partial charge in [0.05, 0.1) is 52.9 Å². The summed E-state index contributed by atoms with van der Waals surface area (Å²) in [7, 11) is 0. The maximum atomic E-state index is 5.37. The second-order valence-corrected chi connectivity index (χ2v) is 6.95. The fourth-order valence-corrected chi connectivity index (χ4v) is 3.64. The minimum atomic E-state index is 0.153. The van der Waals surface area contributed by atoms with E-state index in [1.165, 1.54) is 6.42 Å². The van der Waals surface area contributed by atoms with Crippen LogP contribution >= 0.6 is 0 Å². The van der Waals surface area contributed by atoms with E-state index in [-0.39, 0.29) is 6.29 Å². The molecule has 128 valence electrons. The van der Waals surface area contributed by atoms with Crippen molar-refractivity contribution in [1.82, 2.24) is 0 Å². The van der Waals surface area contributed by atoms with Crippen molar-refractivity contribution in [3.63, 3.8) is 0 Å². The molecule has 0 amide bonds. The Morgan fingerprint density at radius 2 is 1.27 bits per heavy atom. The highest BCUT2D eigenvalue weighted by Crippen LogP contribution is 2.49. The van der Waals surface area contributed by atoms with E-state index in [9.17, 15) is 0 Å². The van der Waals surface area contributed by atoms with Gasteiger partial charge in [-0.25, -0.2) is 0 Å². The van der Waals surface area contributed by atoms with Crippen LogP contribution in [0.15, 0.2) is 0 Å². The third-order valence-electron chi connectivity index (χ3n) is 5.46. The van der Waals surface area contributed by atoms with Crippen molar-refractivity contribution in [1.29, 1.82) is 0 Å². The summed E-state index contributed by atoms with van der Waals surface area (Å²) in [4.78, 5) is 0. The van der Waals surface area contributed by atoms with E-state index >= 15 is 0 Å². The molecule has 0 aromatic rings. The molecular formula is C17H30O5. The Morgan fingerprint density at radius 3 is 1.73 bits per heavy atom. The average Bonchev–Trinajstić information content (AvgIpc) is 3.06. The van der Waals surface area contributed by atoms with Crippen LogP contribution in [0.25, 0.3) is 0 Å². The predicted molar refractivity (Wildman–Crippen MR) is 81.6 cm³/mol. The molecule has 5 heteroatoms. The van der Waals surface area contributed by atoms with Crippen molar-refractivity contribution in [2.24, 2.45) is 29.6 Å². The van der Waals surface area contributed by atoms with Crippen LogP contribution in [0.3, 0.4) is 0 Å². The molecule has 4 aliphatic heterocycles. The molecule has 4 saturated heterocycles. The second kappa shape index (κ2) is 8.06. The van der Waals surface area contributed by atoms with Gasteiger partial charge in [-0.3, -0.25) is 0 Å². The Hall–Kier alpha value is -0.200. The molecule has 0 aromatic carbocycles. The van der Waals surface area contributed by atoms with Crippen molar-refractivity contribution < 1.29 is 23.7 Å². The first kappa shape index (κ1) is 16.7. The highest BCUT2D eigenvalue weighted by molar-refractivity contribution is 4.97. The maximum absolute atomic E-state index is 5.37. The summed E-state index contributed by atoms with van der Waals surface area (Å²) in [5.74, 6) is 4.33. The minimum Gasteiger partial charge on any atom is -0.381 e. The molecule has 5 fully saturated rings. The third-order valence-corrected chi connectivity index (χ3v) is 5.46. The van der Waals surface area contributed by atoms with Gasteiger partial charge in [-0.15, -0.1) is 0 Å². The van der Waals surface area contributed by atoms with Gasteiger partial charge >= 0.3 is 0 Å². The first-order valence-electron chi connectivity index (χ1n) is 8.74. The van der Waals surface area contributed by atoms with E-state index in [1.807, 2.05) is 0 Å². The van der Waals surface area contributed by atoms with Crippen LogP contribution in [0.5, 0.6) is 0 Å². The average molecular weight is 314 g/mol. The lowest BCUT2D eigenvalue weighted by atomic mass is 9.96. The van der Waals surface area contributed by atoms with Crippen LogP contribution in [0.1, 0.15) is 20.3 Å². The highest BCUT2D eigenvalue weighted by Gasteiger charge is 2.50. The molecule has 0 radical (unpaired) electrons. The fourth-order valence-electron chi connectivity index (χ4n) is 3.64. The van der Waals surface area contributed by atoms with E-state index in [1.54, 1.807) is 0 Å². The van der Waals surface area contributed by atoms with Crippen molar-refractivity contribution in [3.05, 3.63) is 0 Å². The molecule has 4 heterocycles. The first-order chi connectivity index (χ1) is 10.8. The van der Waals surface area contributed by atoms with Gasteiger partial charge in [-0.2, -0.15) is 0 Å². The first-order valence-corrected chi connectivity index (χ1v) is 8.74.